The van der Waals surface area contributed by atoms with E-state index in [1.165, 1.54) is 12.5 Å². The third kappa shape index (κ3) is 3.43. The van der Waals surface area contributed by atoms with Crippen LogP contribution in [0.25, 0.3) is 0 Å². The number of rotatable bonds is 4. The summed E-state index contributed by atoms with van der Waals surface area (Å²) in [6, 6.07) is 2.38. The van der Waals surface area contributed by atoms with Gasteiger partial charge < -0.3 is 5.32 Å². The molecular weight excluding hydrogens is 315 g/mol. The molecule has 4 nitrogen and oxygen atoms in total. The largest absolute Gasteiger partial charge is 0.379 e. The third-order valence-corrected chi connectivity index (χ3v) is 4.23. The fourth-order valence-corrected chi connectivity index (χ4v) is 2.94. The van der Waals surface area contributed by atoms with Crippen LogP contribution in [0, 0.1) is 27.8 Å². The van der Waals surface area contributed by atoms with Crippen LogP contribution in [0.4, 0.5) is 15.8 Å². The van der Waals surface area contributed by atoms with Crippen molar-refractivity contribution >= 4 is 27.3 Å². The summed E-state index contributed by atoms with van der Waals surface area (Å²) in [6.45, 7) is 2.92. The predicted molar refractivity (Wildman–Crippen MR) is 75.7 cm³/mol. The number of nitro benzene ring substituents is 1. The van der Waals surface area contributed by atoms with Crippen LogP contribution in [0.15, 0.2) is 16.6 Å². The Hall–Kier alpha value is -1.17. The molecule has 0 heterocycles. The van der Waals surface area contributed by atoms with Crippen LogP contribution in [0.5, 0.6) is 0 Å². The molecule has 1 fully saturated rings. The lowest BCUT2D eigenvalue weighted by molar-refractivity contribution is -0.384. The average Bonchev–Trinajstić information content (AvgIpc) is 2.76. The van der Waals surface area contributed by atoms with Gasteiger partial charge in [0, 0.05) is 6.54 Å². The molecule has 0 radical (unpaired) electrons. The normalized spacial score (nSPS) is 22.5. The van der Waals surface area contributed by atoms with Crippen LogP contribution in [-0.2, 0) is 0 Å². The van der Waals surface area contributed by atoms with Gasteiger partial charge in [-0.05, 0) is 46.7 Å². The van der Waals surface area contributed by atoms with Crippen molar-refractivity contribution in [3.05, 3.63) is 32.5 Å². The van der Waals surface area contributed by atoms with Gasteiger partial charge in [-0.25, -0.2) is 4.39 Å². The zero-order valence-electron chi connectivity index (χ0n) is 10.7. The molecule has 1 aromatic carbocycles. The summed E-state index contributed by atoms with van der Waals surface area (Å²) in [5, 5.41) is 14.0. The summed E-state index contributed by atoms with van der Waals surface area (Å²) < 4.78 is 13.6. The van der Waals surface area contributed by atoms with Gasteiger partial charge in [0.05, 0.1) is 15.5 Å². The van der Waals surface area contributed by atoms with E-state index in [1.54, 1.807) is 0 Å². The minimum Gasteiger partial charge on any atom is -0.379 e. The van der Waals surface area contributed by atoms with Gasteiger partial charge in [0.2, 0.25) is 0 Å². The number of hydrogen-bond acceptors (Lipinski definition) is 3. The molecule has 104 valence electrons. The van der Waals surface area contributed by atoms with Crippen molar-refractivity contribution < 1.29 is 9.31 Å². The Morgan fingerprint density at radius 1 is 1.53 bits per heavy atom. The molecule has 1 saturated carbocycles. The molecule has 1 aromatic rings. The lowest BCUT2D eigenvalue weighted by Gasteiger charge is -2.13. The molecule has 1 aliphatic rings. The molecule has 1 N–H and O–H groups in total. The molecule has 2 atom stereocenters. The van der Waals surface area contributed by atoms with Gasteiger partial charge in [-0.2, -0.15) is 0 Å². The van der Waals surface area contributed by atoms with Gasteiger partial charge in [0.25, 0.3) is 5.69 Å². The van der Waals surface area contributed by atoms with Gasteiger partial charge in [-0.3, -0.25) is 10.1 Å². The molecule has 2 unspecified atom stereocenters. The van der Waals surface area contributed by atoms with Gasteiger partial charge in [-0.1, -0.05) is 13.3 Å². The zero-order chi connectivity index (χ0) is 14.0. The topological polar surface area (TPSA) is 55.2 Å². The maximum absolute atomic E-state index is 13.3. The number of anilines is 1. The van der Waals surface area contributed by atoms with Crippen LogP contribution in [0.2, 0.25) is 0 Å². The Kier molecular flexibility index (Phi) is 4.39. The van der Waals surface area contributed by atoms with Gasteiger partial charge >= 0.3 is 0 Å². The highest BCUT2D eigenvalue weighted by atomic mass is 79.9. The first kappa shape index (κ1) is 14.2. The summed E-state index contributed by atoms with van der Waals surface area (Å²) in [5.41, 5.74) is 0.157. The Balaban J connectivity index is 2.10. The van der Waals surface area contributed by atoms with Crippen molar-refractivity contribution in [2.24, 2.45) is 11.8 Å². The second-order valence-electron chi connectivity index (χ2n) is 5.21. The van der Waals surface area contributed by atoms with E-state index >= 15 is 0 Å². The summed E-state index contributed by atoms with van der Waals surface area (Å²) in [4.78, 5) is 10.4. The zero-order valence-corrected chi connectivity index (χ0v) is 12.2. The average molecular weight is 331 g/mol. The lowest BCUT2D eigenvalue weighted by Crippen LogP contribution is -2.12. The molecular formula is C13H16BrFN2O2. The molecule has 19 heavy (non-hydrogen) atoms. The highest BCUT2D eigenvalue weighted by Gasteiger charge is 2.23. The van der Waals surface area contributed by atoms with Gasteiger partial charge in [0.1, 0.15) is 11.5 Å². The molecule has 0 bridgehead atoms. The molecule has 2 rings (SSSR count). The second kappa shape index (κ2) is 5.86. The van der Waals surface area contributed by atoms with Crippen LogP contribution in [0.3, 0.4) is 0 Å². The van der Waals surface area contributed by atoms with E-state index in [1.807, 2.05) is 0 Å². The first-order chi connectivity index (χ1) is 8.97. The number of nitro groups is 1. The standard InChI is InChI=1S/C13H16BrFN2O2/c1-8-2-3-9(4-8)7-16-12-5-10(14)11(15)6-13(12)17(18)19/h5-6,8-9,16H,2-4,7H2,1H3. The minimum absolute atomic E-state index is 0.216. The van der Waals surface area contributed by atoms with Crippen LogP contribution in [0.1, 0.15) is 26.2 Å². The Morgan fingerprint density at radius 2 is 2.26 bits per heavy atom. The maximum Gasteiger partial charge on any atom is 0.295 e. The summed E-state index contributed by atoms with van der Waals surface area (Å²) in [6.07, 6.45) is 3.50. The summed E-state index contributed by atoms with van der Waals surface area (Å²) in [5.74, 6) is 0.645. The minimum atomic E-state index is -0.619. The van der Waals surface area contributed by atoms with Crippen LogP contribution >= 0.6 is 15.9 Å². The Morgan fingerprint density at radius 3 is 2.84 bits per heavy atom. The van der Waals surface area contributed by atoms with Crippen molar-refractivity contribution in [1.82, 2.24) is 0 Å². The highest BCUT2D eigenvalue weighted by molar-refractivity contribution is 9.10. The number of hydrogen-bond donors (Lipinski definition) is 1. The van der Waals surface area contributed by atoms with Crippen molar-refractivity contribution in [3.8, 4) is 0 Å². The Bertz CT molecular complexity index is 496. The van der Waals surface area contributed by atoms with Crippen molar-refractivity contribution in [2.75, 3.05) is 11.9 Å². The van der Waals surface area contributed by atoms with Gasteiger partial charge in [0.15, 0.2) is 0 Å². The summed E-state index contributed by atoms with van der Waals surface area (Å²) >= 11 is 3.05. The van der Waals surface area contributed by atoms with E-state index in [4.69, 9.17) is 0 Å². The van der Waals surface area contributed by atoms with Crippen LogP contribution < -0.4 is 5.32 Å². The van der Waals surface area contributed by atoms with E-state index in [-0.39, 0.29) is 10.2 Å². The maximum atomic E-state index is 13.3. The number of nitrogens with zero attached hydrogens (tertiary/aromatic N) is 1. The molecule has 0 amide bonds. The quantitative estimate of drug-likeness (QED) is 0.659. The highest BCUT2D eigenvalue weighted by Crippen LogP contribution is 2.33. The van der Waals surface area contributed by atoms with Crippen molar-refractivity contribution in [1.29, 1.82) is 0 Å². The lowest BCUT2D eigenvalue weighted by atomic mass is 10.1. The molecule has 0 spiro atoms. The Labute approximate surface area is 119 Å². The number of nitrogens with one attached hydrogen (secondary N) is 1. The first-order valence-corrected chi connectivity index (χ1v) is 7.14. The van der Waals surface area contributed by atoms with Crippen molar-refractivity contribution in [3.63, 3.8) is 0 Å². The van der Waals surface area contributed by atoms with E-state index < -0.39 is 10.7 Å². The van der Waals surface area contributed by atoms with E-state index in [0.29, 0.717) is 18.2 Å². The monoisotopic (exact) mass is 330 g/mol. The number of benzene rings is 1. The predicted octanol–water partition coefficient (Wildman–Crippen LogP) is 4.34. The van der Waals surface area contributed by atoms with E-state index in [2.05, 4.69) is 28.2 Å². The van der Waals surface area contributed by atoms with Crippen LogP contribution in [-0.4, -0.2) is 11.5 Å². The fourth-order valence-electron chi connectivity index (χ4n) is 2.59. The molecule has 0 aliphatic heterocycles. The first-order valence-electron chi connectivity index (χ1n) is 6.34. The van der Waals surface area contributed by atoms with E-state index in [9.17, 15) is 14.5 Å². The molecule has 0 saturated heterocycles. The summed E-state index contributed by atoms with van der Waals surface area (Å²) in [7, 11) is 0. The molecule has 1 aliphatic carbocycles. The van der Waals surface area contributed by atoms with E-state index in [0.717, 1.165) is 24.8 Å². The smallest absolute Gasteiger partial charge is 0.295 e. The third-order valence-electron chi connectivity index (χ3n) is 3.62. The number of halogens is 2. The molecule has 6 heteroatoms. The molecule has 0 aromatic heterocycles. The second-order valence-corrected chi connectivity index (χ2v) is 6.06. The van der Waals surface area contributed by atoms with Gasteiger partial charge in [-0.15, -0.1) is 0 Å². The SMILES string of the molecule is CC1CCC(CNc2cc(Br)c(F)cc2[N+](=O)[O-])C1. The van der Waals surface area contributed by atoms with Crippen molar-refractivity contribution in [2.45, 2.75) is 26.2 Å². The fraction of sp³-hybridized carbons (Fsp3) is 0.538.